The maximum absolute atomic E-state index is 13.1. The van der Waals surface area contributed by atoms with E-state index in [2.05, 4.69) is 22.3 Å². The van der Waals surface area contributed by atoms with Crippen LogP contribution in [0.5, 0.6) is 0 Å². The van der Waals surface area contributed by atoms with Crippen molar-refractivity contribution >= 4 is 23.3 Å². The molecular weight excluding hydrogens is 407 g/mol. The van der Waals surface area contributed by atoms with Crippen molar-refractivity contribution in [1.82, 2.24) is 9.80 Å². The Kier molecular flexibility index (Phi) is 7.24. The number of urea groups is 1. The first-order chi connectivity index (χ1) is 15.6. The molecular formula is C25H31FN4O2. The number of carbonyl (C=O) groups is 2. The first-order valence-electron chi connectivity index (χ1n) is 11.5. The number of hydrogen-bond acceptors (Lipinski definition) is 3. The van der Waals surface area contributed by atoms with Crippen LogP contribution < -0.4 is 10.2 Å². The molecule has 2 fully saturated rings. The van der Waals surface area contributed by atoms with Crippen LogP contribution in [0.2, 0.25) is 0 Å². The van der Waals surface area contributed by atoms with Crippen LogP contribution in [-0.4, -0.2) is 61.0 Å². The van der Waals surface area contributed by atoms with E-state index in [1.807, 2.05) is 23.1 Å². The summed E-state index contributed by atoms with van der Waals surface area (Å²) in [5, 5.41) is 2.83. The van der Waals surface area contributed by atoms with E-state index in [1.165, 1.54) is 17.8 Å². The van der Waals surface area contributed by atoms with Gasteiger partial charge in [-0.05, 0) is 61.6 Å². The molecule has 2 saturated heterocycles. The second kappa shape index (κ2) is 10.5. The van der Waals surface area contributed by atoms with E-state index in [9.17, 15) is 14.0 Å². The van der Waals surface area contributed by atoms with E-state index in [0.717, 1.165) is 45.4 Å². The lowest BCUT2D eigenvalue weighted by Crippen LogP contribution is -2.49. The maximum atomic E-state index is 13.1. The Bertz CT molecular complexity index is 898. The minimum atomic E-state index is -0.327. The number of nitrogens with one attached hydrogen (secondary N) is 1. The van der Waals surface area contributed by atoms with Gasteiger partial charge in [-0.25, -0.2) is 9.18 Å². The van der Waals surface area contributed by atoms with Crippen molar-refractivity contribution in [3.05, 3.63) is 60.4 Å². The summed E-state index contributed by atoms with van der Waals surface area (Å²) in [5.41, 5.74) is 1.80. The molecule has 0 aromatic heterocycles. The summed E-state index contributed by atoms with van der Waals surface area (Å²) in [7, 11) is 0. The molecule has 3 amide bonds. The van der Waals surface area contributed by atoms with Gasteiger partial charge in [0.15, 0.2) is 0 Å². The third-order valence-electron chi connectivity index (χ3n) is 6.42. The van der Waals surface area contributed by atoms with E-state index in [4.69, 9.17) is 0 Å². The van der Waals surface area contributed by atoms with Gasteiger partial charge in [0, 0.05) is 57.1 Å². The van der Waals surface area contributed by atoms with Crippen LogP contribution in [0.3, 0.4) is 0 Å². The van der Waals surface area contributed by atoms with Crippen molar-refractivity contribution in [1.29, 1.82) is 0 Å². The van der Waals surface area contributed by atoms with E-state index < -0.39 is 0 Å². The standard InChI is InChI=1S/C25H31FN4O2/c26-21-9-11-22(12-10-21)27-25(32)30-14-4-5-20(19-30)8-13-24(31)29-17-15-28(16-18-29)23-6-2-1-3-7-23/h1-3,6-7,9-12,20H,4-5,8,13-19H2,(H,27,32)/t20-/m1/s1. The number of halogens is 1. The summed E-state index contributed by atoms with van der Waals surface area (Å²) in [6.45, 7) is 4.59. The van der Waals surface area contributed by atoms with Gasteiger partial charge in [-0.1, -0.05) is 18.2 Å². The number of piperazine rings is 1. The average molecular weight is 439 g/mol. The Morgan fingerprint density at radius 3 is 2.34 bits per heavy atom. The molecule has 2 aromatic rings. The highest BCUT2D eigenvalue weighted by atomic mass is 19.1. The number of anilines is 2. The largest absolute Gasteiger partial charge is 0.368 e. The lowest BCUT2D eigenvalue weighted by molar-refractivity contribution is -0.131. The maximum Gasteiger partial charge on any atom is 0.321 e. The van der Waals surface area contributed by atoms with Gasteiger partial charge >= 0.3 is 6.03 Å². The highest BCUT2D eigenvalue weighted by molar-refractivity contribution is 5.89. The third kappa shape index (κ3) is 5.78. The number of nitrogens with zero attached hydrogens (tertiary/aromatic N) is 3. The Balaban J connectivity index is 1.20. The molecule has 170 valence electrons. The number of hydrogen-bond donors (Lipinski definition) is 1. The normalized spacial score (nSPS) is 19.0. The monoisotopic (exact) mass is 438 g/mol. The Hall–Kier alpha value is -3.09. The first-order valence-corrected chi connectivity index (χ1v) is 11.5. The number of rotatable bonds is 5. The number of para-hydroxylation sites is 1. The minimum absolute atomic E-state index is 0.162. The minimum Gasteiger partial charge on any atom is -0.368 e. The zero-order chi connectivity index (χ0) is 22.3. The Morgan fingerprint density at radius 2 is 1.62 bits per heavy atom. The van der Waals surface area contributed by atoms with Gasteiger partial charge in [-0.15, -0.1) is 0 Å². The van der Waals surface area contributed by atoms with Crippen LogP contribution in [0.1, 0.15) is 25.7 Å². The predicted molar refractivity (Wildman–Crippen MR) is 124 cm³/mol. The van der Waals surface area contributed by atoms with Gasteiger partial charge in [0.2, 0.25) is 5.91 Å². The first kappa shape index (κ1) is 22.1. The molecule has 0 unspecified atom stereocenters. The van der Waals surface area contributed by atoms with Crippen LogP contribution in [0.15, 0.2) is 54.6 Å². The van der Waals surface area contributed by atoms with Gasteiger partial charge in [0.1, 0.15) is 5.82 Å². The second-order valence-electron chi connectivity index (χ2n) is 8.63. The number of benzene rings is 2. The van der Waals surface area contributed by atoms with Gasteiger partial charge in [-0.3, -0.25) is 4.79 Å². The summed E-state index contributed by atoms with van der Waals surface area (Å²) in [6.07, 6.45) is 3.31. The fourth-order valence-corrected chi connectivity index (χ4v) is 4.56. The van der Waals surface area contributed by atoms with Crippen molar-refractivity contribution in [2.45, 2.75) is 25.7 Å². The molecule has 7 heteroatoms. The van der Waals surface area contributed by atoms with Crippen molar-refractivity contribution < 1.29 is 14.0 Å². The lowest BCUT2D eigenvalue weighted by atomic mass is 9.93. The van der Waals surface area contributed by atoms with Crippen LogP contribution in [0, 0.1) is 11.7 Å². The predicted octanol–water partition coefficient (Wildman–Crippen LogP) is 4.20. The lowest BCUT2D eigenvalue weighted by Gasteiger charge is -2.37. The van der Waals surface area contributed by atoms with E-state index in [0.29, 0.717) is 31.1 Å². The number of carbonyl (C=O) groups excluding carboxylic acids is 2. The quantitative estimate of drug-likeness (QED) is 0.761. The topological polar surface area (TPSA) is 55.9 Å². The molecule has 6 nitrogen and oxygen atoms in total. The van der Waals surface area contributed by atoms with Gasteiger partial charge < -0.3 is 20.0 Å². The summed E-state index contributed by atoms with van der Waals surface area (Å²) >= 11 is 0. The van der Waals surface area contributed by atoms with Gasteiger partial charge in [-0.2, -0.15) is 0 Å². The smallest absolute Gasteiger partial charge is 0.321 e. The number of amides is 3. The van der Waals surface area contributed by atoms with Crippen LogP contribution in [0.25, 0.3) is 0 Å². The van der Waals surface area contributed by atoms with Crippen LogP contribution in [-0.2, 0) is 4.79 Å². The number of piperidine rings is 1. The molecule has 2 aliphatic heterocycles. The second-order valence-corrected chi connectivity index (χ2v) is 8.63. The molecule has 0 bridgehead atoms. The zero-order valence-electron chi connectivity index (χ0n) is 18.4. The van der Waals surface area contributed by atoms with E-state index in [-0.39, 0.29) is 17.8 Å². The molecule has 2 aromatic carbocycles. The SMILES string of the molecule is O=C(CC[C@H]1CCCN(C(=O)Nc2ccc(F)cc2)C1)N1CCN(c2ccccc2)CC1. The molecule has 2 aliphatic rings. The Morgan fingerprint density at radius 1 is 0.906 bits per heavy atom. The summed E-state index contributed by atoms with van der Waals surface area (Å²) in [6, 6.07) is 15.9. The molecule has 0 radical (unpaired) electrons. The Labute approximate surface area is 189 Å². The van der Waals surface area contributed by atoms with E-state index >= 15 is 0 Å². The molecule has 32 heavy (non-hydrogen) atoms. The molecule has 1 N–H and O–H groups in total. The number of likely N-dealkylation sites (tertiary alicyclic amines) is 1. The van der Waals surface area contributed by atoms with Crippen LogP contribution in [0.4, 0.5) is 20.6 Å². The van der Waals surface area contributed by atoms with Gasteiger partial charge in [0.25, 0.3) is 0 Å². The molecule has 2 heterocycles. The third-order valence-corrected chi connectivity index (χ3v) is 6.42. The van der Waals surface area contributed by atoms with Gasteiger partial charge in [0.05, 0.1) is 0 Å². The highest BCUT2D eigenvalue weighted by Gasteiger charge is 2.26. The summed E-state index contributed by atoms with van der Waals surface area (Å²) in [4.78, 5) is 31.4. The van der Waals surface area contributed by atoms with Crippen molar-refractivity contribution in [3.63, 3.8) is 0 Å². The summed E-state index contributed by atoms with van der Waals surface area (Å²) in [5.74, 6) is 0.218. The molecule has 0 saturated carbocycles. The summed E-state index contributed by atoms with van der Waals surface area (Å²) < 4.78 is 13.1. The highest BCUT2D eigenvalue weighted by Crippen LogP contribution is 2.23. The van der Waals surface area contributed by atoms with Crippen LogP contribution >= 0.6 is 0 Å². The fraction of sp³-hybridized carbons (Fsp3) is 0.440. The fourth-order valence-electron chi connectivity index (χ4n) is 4.56. The van der Waals surface area contributed by atoms with E-state index in [1.54, 1.807) is 17.0 Å². The molecule has 4 rings (SSSR count). The zero-order valence-corrected chi connectivity index (χ0v) is 18.4. The van der Waals surface area contributed by atoms with Crippen molar-refractivity contribution in [2.24, 2.45) is 5.92 Å². The molecule has 0 spiro atoms. The van der Waals surface area contributed by atoms with Crippen molar-refractivity contribution in [3.8, 4) is 0 Å². The van der Waals surface area contributed by atoms with Crippen molar-refractivity contribution in [2.75, 3.05) is 49.5 Å². The molecule has 0 aliphatic carbocycles. The molecule has 1 atom stereocenters. The average Bonchev–Trinajstić information content (AvgIpc) is 2.85.